The highest BCUT2D eigenvalue weighted by molar-refractivity contribution is 6.96. The van der Waals surface area contributed by atoms with Gasteiger partial charge in [0, 0.05) is 0 Å². The minimum atomic E-state index is -1.55. The smallest absolute Gasteiger partial charge is 0.165 e. The van der Waals surface area contributed by atoms with Crippen molar-refractivity contribution in [3.63, 3.8) is 0 Å². The quantitative estimate of drug-likeness (QED) is 0.693. The molecule has 0 saturated carbocycles. The van der Waals surface area contributed by atoms with Crippen LogP contribution in [0.15, 0.2) is 23.6 Å². The molecule has 1 nitrogen and oxygen atoms in total. The Balaban J connectivity index is 4.85. The first-order valence-corrected chi connectivity index (χ1v) is 12.1. The lowest BCUT2D eigenvalue weighted by atomic mass is 10.2. The van der Waals surface area contributed by atoms with E-state index in [2.05, 4.69) is 62.7 Å². The van der Waals surface area contributed by atoms with Gasteiger partial charge < -0.3 is 4.65 Å². The number of hydrogen-bond donors (Lipinski definition) is 1. The summed E-state index contributed by atoms with van der Waals surface area (Å²) in [4.78, 5) is 0. The summed E-state index contributed by atoms with van der Waals surface area (Å²) in [6, 6.07) is 0. The maximum Gasteiger partial charge on any atom is 0.165 e. The van der Waals surface area contributed by atoms with Crippen molar-refractivity contribution in [1.82, 2.24) is 4.65 Å². The molecule has 0 spiro atoms. The van der Waals surface area contributed by atoms with Gasteiger partial charge in [0.25, 0.3) is 0 Å². The third-order valence-electron chi connectivity index (χ3n) is 2.48. The molecule has 15 heavy (non-hydrogen) atoms. The maximum atomic E-state index is 4.02. The Kier molecular flexibility index (Phi) is 5.77. The molecule has 0 heterocycles. The highest BCUT2D eigenvalue weighted by Crippen LogP contribution is 2.14. The molecule has 0 aliphatic heterocycles. The molecule has 88 valence electrons. The second-order valence-corrected chi connectivity index (χ2v) is 14.1. The lowest BCUT2D eigenvalue weighted by Gasteiger charge is -2.31. The van der Waals surface area contributed by atoms with Gasteiger partial charge in [0.1, 0.15) is 8.24 Å². The molecule has 0 saturated heterocycles. The van der Waals surface area contributed by atoms with E-state index in [1.807, 2.05) is 0 Å². The van der Waals surface area contributed by atoms with Crippen LogP contribution in [-0.2, 0) is 0 Å². The molecule has 1 atom stereocenters. The van der Waals surface area contributed by atoms with E-state index in [0.29, 0.717) is 0 Å². The highest BCUT2D eigenvalue weighted by atomic mass is 28.4. The zero-order chi connectivity index (χ0) is 12.1. The lowest BCUT2D eigenvalue weighted by molar-refractivity contribution is 0.979. The van der Waals surface area contributed by atoms with Gasteiger partial charge in [-0.1, -0.05) is 50.5 Å². The molecule has 0 aromatic carbocycles. The molecule has 1 unspecified atom stereocenters. The Morgan fingerprint density at radius 1 is 1.13 bits per heavy atom. The van der Waals surface area contributed by atoms with E-state index in [1.54, 1.807) is 5.57 Å². The maximum absolute atomic E-state index is 4.02. The van der Waals surface area contributed by atoms with Crippen LogP contribution in [0.2, 0.25) is 26.2 Å². The summed E-state index contributed by atoms with van der Waals surface area (Å²) in [5.41, 5.74) is 6.21. The van der Waals surface area contributed by atoms with E-state index in [4.69, 9.17) is 0 Å². The molecule has 0 radical (unpaired) electrons. The van der Waals surface area contributed by atoms with Crippen LogP contribution in [-0.4, -0.2) is 16.5 Å². The van der Waals surface area contributed by atoms with Crippen LogP contribution in [0.1, 0.15) is 26.7 Å². The van der Waals surface area contributed by atoms with Gasteiger partial charge in [-0.15, -0.1) is 6.58 Å². The van der Waals surface area contributed by atoms with E-state index >= 15 is 0 Å². The molecule has 0 aromatic rings. The molecule has 0 rings (SSSR count). The zero-order valence-corrected chi connectivity index (χ0v) is 13.3. The van der Waals surface area contributed by atoms with Crippen molar-refractivity contribution in [1.29, 1.82) is 0 Å². The molecule has 0 aliphatic rings. The standard InChI is InChI=1S/C12H27NSi2/c1-8-12(9-2)11-15(7,10-3)13-14(4,5)6/h10-11,13H,3,8-9H2,1-2,4-7H3. The molecule has 3 heteroatoms. The van der Waals surface area contributed by atoms with Gasteiger partial charge in [-0.05, 0) is 19.4 Å². The fraction of sp³-hybridized carbons (Fsp3) is 0.667. The summed E-state index contributed by atoms with van der Waals surface area (Å²) in [6.07, 6.45) is 2.33. The first-order valence-electron chi connectivity index (χ1n) is 5.90. The molecular weight excluding hydrogens is 214 g/mol. The molecule has 0 bridgehead atoms. The SMILES string of the molecule is C=C[Si](C)(C=C(CC)CC)N[Si](C)(C)C. The number of allylic oxidation sites excluding steroid dienone is 1. The van der Waals surface area contributed by atoms with Crippen LogP contribution in [0.4, 0.5) is 0 Å². The average molecular weight is 242 g/mol. The Morgan fingerprint density at radius 2 is 1.60 bits per heavy atom. The van der Waals surface area contributed by atoms with Crippen molar-refractivity contribution in [3.05, 3.63) is 23.6 Å². The van der Waals surface area contributed by atoms with Gasteiger partial charge in [-0.2, -0.15) is 0 Å². The molecule has 0 aliphatic carbocycles. The summed E-state index contributed by atoms with van der Waals surface area (Å²) in [7, 11) is -2.76. The van der Waals surface area contributed by atoms with Gasteiger partial charge >= 0.3 is 0 Å². The summed E-state index contributed by atoms with van der Waals surface area (Å²) in [5, 5.41) is 0. The Bertz CT molecular complexity index is 234. The Labute approximate surface area is 97.8 Å². The monoisotopic (exact) mass is 241 g/mol. The third kappa shape index (κ3) is 6.12. The van der Waals surface area contributed by atoms with Crippen molar-refractivity contribution >= 4 is 16.5 Å². The fourth-order valence-corrected chi connectivity index (χ4v) is 10.4. The zero-order valence-electron chi connectivity index (χ0n) is 11.3. The predicted octanol–water partition coefficient (Wildman–Crippen LogP) is 4.00. The van der Waals surface area contributed by atoms with Crippen LogP contribution in [0.5, 0.6) is 0 Å². The first-order chi connectivity index (χ1) is 6.76. The molecule has 0 aromatic heterocycles. The van der Waals surface area contributed by atoms with Crippen molar-refractivity contribution in [2.24, 2.45) is 0 Å². The first kappa shape index (κ1) is 14.9. The van der Waals surface area contributed by atoms with Gasteiger partial charge in [0.15, 0.2) is 8.24 Å². The van der Waals surface area contributed by atoms with Crippen LogP contribution in [0.3, 0.4) is 0 Å². The second kappa shape index (κ2) is 5.82. The minimum absolute atomic E-state index is 1.17. The van der Waals surface area contributed by atoms with Crippen molar-refractivity contribution in [3.8, 4) is 0 Å². The second-order valence-electron chi connectivity index (χ2n) is 5.37. The van der Waals surface area contributed by atoms with E-state index in [0.717, 1.165) is 0 Å². The normalized spacial score (nSPS) is 15.6. The largest absolute Gasteiger partial charge is 0.353 e. The van der Waals surface area contributed by atoms with Gasteiger partial charge in [0.2, 0.25) is 0 Å². The van der Waals surface area contributed by atoms with Crippen LogP contribution >= 0.6 is 0 Å². The summed E-state index contributed by atoms with van der Waals surface area (Å²) in [6.45, 7) is 17.9. The number of hydrogen-bond acceptors (Lipinski definition) is 1. The van der Waals surface area contributed by atoms with Gasteiger partial charge in [-0.3, -0.25) is 0 Å². The van der Waals surface area contributed by atoms with Gasteiger partial charge in [-0.25, -0.2) is 0 Å². The van der Waals surface area contributed by atoms with Crippen molar-refractivity contribution in [2.45, 2.75) is 52.9 Å². The summed E-state index contributed by atoms with van der Waals surface area (Å²) in [5.74, 6) is 0. The minimum Gasteiger partial charge on any atom is -0.353 e. The van der Waals surface area contributed by atoms with Crippen LogP contribution in [0, 0.1) is 0 Å². The Hall–Kier alpha value is -0.126. The number of nitrogens with one attached hydrogen (secondary N) is 1. The fourth-order valence-electron chi connectivity index (χ4n) is 1.83. The molecule has 1 N–H and O–H groups in total. The van der Waals surface area contributed by atoms with E-state index in [1.165, 1.54) is 12.8 Å². The van der Waals surface area contributed by atoms with Crippen LogP contribution in [0.25, 0.3) is 0 Å². The third-order valence-corrected chi connectivity index (χ3v) is 9.49. The summed E-state index contributed by atoms with van der Waals surface area (Å²) >= 11 is 0. The molecule has 0 fully saturated rings. The van der Waals surface area contributed by atoms with Crippen molar-refractivity contribution in [2.75, 3.05) is 0 Å². The summed E-state index contributed by atoms with van der Waals surface area (Å²) < 4.78 is 3.86. The molecule has 0 amide bonds. The van der Waals surface area contributed by atoms with Crippen LogP contribution < -0.4 is 4.65 Å². The van der Waals surface area contributed by atoms with Crippen molar-refractivity contribution < 1.29 is 0 Å². The van der Waals surface area contributed by atoms with E-state index in [-0.39, 0.29) is 0 Å². The van der Waals surface area contributed by atoms with E-state index in [9.17, 15) is 0 Å². The predicted molar refractivity (Wildman–Crippen MR) is 77.0 cm³/mol. The molecular formula is C12H27NSi2. The lowest BCUT2D eigenvalue weighted by Crippen LogP contribution is -2.57. The van der Waals surface area contributed by atoms with E-state index < -0.39 is 16.5 Å². The Morgan fingerprint density at radius 3 is 1.87 bits per heavy atom. The van der Waals surface area contributed by atoms with Gasteiger partial charge in [0.05, 0.1) is 0 Å². The number of rotatable bonds is 6. The average Bonchev–Trinajstić information content (AvgIpc) is 2.11. The highest BCUT2D eigenvalue weighted by Gasteiger charge is 2.27. The topological polar surface area (TPSA) is 12.0 Å².